The molecule has 3 heteroatoms. The van der Waals surface area contributed by atoms with Crippen LogP contribution in [0.25, 0.3) is 0 Å². The quantitative estimate of drug-likeness (QED) is 0.881. The van der Waals surface area contributed by atoms with Gasteiger partial charge in [-0.2, -0.15) is 0 Å². The molecular weight excluding hydrogens is 298 g/mol. The van der Waals surface area contributed by atoms with E-state index in [1.165, 1.54) is 5.56 Å². The molecule has 2 heterocycles. The molecule has 2 unspecified atom stereocenters. The number of ketones is 1. The average Bonchev–Trinajstić information content (AvgIpc) is 3.01. The number of dihydropyridines is 1. The highest BCUT2D eigenvalue weighted by molar-refractivity contribution is 5.99. The maximum atomic E-state index is 12.9. The van der Waals surface area contributed by atoms with Crippen LogP contribution in [0.2, 0.25) is 0 Å². The summed E-state index contributed by atoms with van der Waals surface area (Å²) in [5.74, 6) is 2.13. The molecule has 2 aliphatic rings. The van der Waals surface area contributed by atoms with Crippen molar-refractivity contribution in [2.75, 3.05) is 0 Å². The van der Waals surface area contributed by atoms with Crippen molar-refractivity contribution in [2.45, 2.75) is 38.5 Å². The fourth-order valence-corrected chi connectivity index (χ4v) is 3.83. The number of hydrogen-bond donors (Lipinski definition) is 1. The molecule has 0 saturated carbocycles. The number of rotatable bonds is 2. The Labute approximate surface area is 142 Å². The van der Waals surface area contributed by atoms with Crippen molar-refractivity contribution in [1.82, 2.24) is 5.32 Å². The Morgan fingerprint density at radius 3 is 2.54 bits per heavy atom. The minimum atomic E-state index is -0.0702. The summed E-state index contributed by atoms with van der Waals surface area (Å²) < 4.78 is 5.82. The summed E-state index contributed by atoms with van der Waals surface area (Å²) in [6.45, 7) is 3.98. The zero-order chi connectivity index (χ0) is 16.7. The average molecular weight is 319 g/mol. The first-order chi connectivity index (χ1) is 11.6. The molecule has 1 aliphatic heterocycles. The summed E-state index contributed by atoms with van der Waals surface area (Å²) in [7, 11) is 0. The molecule has 0 amide bonds. The molecule has 0 bridgehead atoms. The maximum absolute atomic E-state index is 12.9. The molecule has 0 fully saturated rings. The van der Waals surface area contributed by atoms with Crippen molar-refractivity contribution in [3.05, 3.63) is 82.6 Å². The van der Waals surface area contributed by atoms with Crippen LogP contribution in [0, 0.1) is 6.92 Å². The van der Waals surface area contributed by atoms with E-state index < -0.39 is 0 Å². The van der Waals surface area contributed by atoms with Gasteiger partial charge in [-0.1, -0.05) is 36.4 Å². The number of carbonyl (C=O) groups excluding carboxylic acids is 1. The molecule has 2 aromatic rings. The first-order valence-electron chi connectivity index (χ1n) is 8.45. The second kappa shape index (κ2) is 5.82. The molecule has 1 aromatic carbocycles. The molecule has 0 saturated heterocycles. The number of Topliss-reactive ketones (excluding diaryl/α,β-unsaturated/α-hetero) is 1. The molecule has 122 valence electrons. The molecule has 1 N–H and O–H groups in total. The van der Waals surface area contributed by atoms with Crippen LogP contribution in [-0.2, 0) is 4.79 Å². The smallest absolute Gasteiger partial charge is 0.162 e. The fraction of sp³-hybridized carbons (Fsp3) is 0.286. The van der Waals surface area contributed by atoms with E-state index in [2.05, 4.69) is 23.5 Å². The van der Waals surface area contributed by atoms with E-state index in [-0.39, 0.29) is 17.6 Å². The highest BCUT2D eigenvalue weighted by Gasteiger charge is 2.36. The molecule has 24 heavy (non-hydrogen) atoms. The predicted molar refractivity (Wildman–Crippen MR) is 93.5 cm³/mol. The van der Waals surface area contributed by atoms with E-state index in [0.29, 0.717) is 6.42 Å². The summed E-state index contributed by atoms with van der Waals surface area (Å²) >= 11 is 0. The van der Waals surface area contributed by atoms with Gasteiger partial charge in [-0.15, -0.1) is 0 Å². The highest BCUT2D eigenvalue weighted by Crippen LogP contribution is 2.42. The number of allylic oxidation sites excluding steroid dienone is 4. The van der Waals surface area contributed by atoms with Crippen molar-refractivity contribution in [2.24, 2.45) is 0 Å². The summed E-state index contributed by atoms with van der Waals surface area (Å²) in [6, 6.07) is 14.3. The van der Waals surface area contributed by atoms with Gasteiger partial charge in [-0.3, -0.25) is 4.79 Å². The molecule has 2 atom stereocenters. The molecule has 3 nitrogen and oxygen atoms in total. The van der Waals surface area contributed by atoms with Crippen molar-refractivity contribution >= 4 is 5.78 Å². The lowest BCUT2D eigenvalue weighted by atomic mass is 9.76. The lowest BCUT2D eigenvalue weighted by molar-refractivity contribution is -0.116. The minimum absolute atomic E-state index is 0.0702. The van der Waals surface area contributed by atoms with Gasteiger partial charge < -0.3 is 9.73 Å². The van der Waals surface area contributed by atoms with E-state index in [9.17, 15) is 4.79 Å². The Balaban J connectivity index is 1.72. The van der Waals surface area contributed by atoms with E-state index >= 15 is 0 Å². The van der Waals surface area contributed by atoms with Crippen molar-refractivity contribution in [3.63, 3.8) is 0 Å². The number of aryl methyl sites for hydroxylation is 1. The van der Waals surface area contributed by atoms with Crippen LogP contribution in [0.3, 0.4) is 0 Å². The van der Waals surface area contributed by atoms with Crippen molar-refractivity contribution in [3.8, 4) is 0 Å². The van der Waals surface area contributed by atoms with Crippen LogP contribution in [0.1, 0.15) is 48.7 Å². The number of carbonyl (C=O) groups is 1. The highest BCUT2D eigenvalue weighted by atomic mass is 16.3. The molecular formula is C21H21NO2. The molecule has 1 aromatic heterocycles. The Kier molecular flexibility index (Phi) is 3.64. The van der Waals surface area contributed by atoms with Crippen LogP contribution in [0.4, 0.5) is 0 Å². The van der Waals surface area contributed by atoms with Crippen molar-refractivity contribution < 1.29 is 9.21 Å². The summed E-state index contributed by atoms with van der Waals surface area (Å²) in [4.78, 5) is 12.9. The molecule has 0 spiro atoms. The third kappa shape index (κ3) is 2.60. The zero-order valence-electron chi connectivity index (χ0n) is 14.0. The maximum Gasteiger partial charge on any atom is 0.162 e. The number of furan rings is 1. The van der Waals surface area contributed by atoms with Gasteiger partial charge >= 0.3 is 0 Å². The Bertz CT molecular complexity index is 842. The Morgan fingerprint density at radius 2 is 1.83 bits per heavy atom. The number of nitrogens with one attached hydrogen (secondary N) is 1. The SMILES string of the molecule is CC1=CC(c2ccc(C)o2)C2=C(CC(c3ccccc3)CC2=O)N1. The largest absolute Gasteiger partial charge is 0.465 e. The Hall–Kier alpha value is -2.55. The molecule has 1 aliphatic carbocycles. The molecule has 4 rings (SSSR count). The topological polar surface area (TPSA) is 42.2 Å². The number of hydrogen-bond acceptors (Lipinski definition) is 3. The van der Waals surface area contributed by atoms with E-state index in [1.54, 1.807) is 0 Å². The van der Waals surface area contributed by atoms with Gasteiger partial charge in [0, 0.05) is 23.4 Å². The van der Waals surface area contributed by atoms with E-state index in [1.807, 2.05) is 44.2 Å². The lowest BCUT2D eigenvalue weighted by Gasteiger charge is -2.33. The summed E-state index contributed by atoms with van der Waals surface area (Å²) in [5, 5.41) is 3.43. The third-order valence-electron chi connectivity index (χ3n) is 4.92. The van der Waals surface area contributed by atoms with Crippen LogP contribution in [-0.4, -0.2) is 5.78 Å². The monoisotopic (exact) mass is 319 g/mol. The van der Waals surface area contributed by atoms with Crippen LogP contribution < -0.4 is 5.32 Å². The second-order valence-electron chi connectivity index (χ2n) is 6.73. The third-order valence-corrected chi connectivity index (χ3v) is 4.92. The van der Waals surface area contributed by atoms with Crippen LogP contribution in [0.15, 0.2) is 69.9 Å². The van der Waals surface area contributed by atoms with E-state index in [0.717, 1.165) is 34.9 Å². The minimum Gasteiger partial charge on any atom is -0.465 e. The van der Waals surface area contributed by atoms with Crippen LogP contribution in [0.5, 0.6) is 0 Å². The van der Waals surface area contributed by atoms with Gasteiger partial charge in [-0.05, 0) is 43.9 Å². The number of benzene rings is 1. The lowest BCUT2D eigenvalue weighted by Crippen LogP contribution is -2.31. The van der Waals surface area contributed by atoms with Gasteiger partial charge in [0.2, 0.25) is 0 Å². The fourth-order valence-electron chi connectivity index (χ4n) is 3.83. The first kappa shape index (κ1) is 15.0. The van der Waals surface area contributed by atoms with Gasteiger partial charge in [0.25, 0.3) is 0 Å². The summed E-state index contributed by atoms with van der Waals surface area (Å²) in [6.07, 6.45) is 3.53. The van der Waals surface area contributed by atoms with Gasteiger partial charge in [-0.25, -0.2) is 0 Å². The second-order valence-corrected chi connectivity index (χ2v) is 6.73. The zero-order valence-corrected chi connectivity index (χ0v) is 14.0. The predicted octanol–water partition coefficient (Wildman–Crippen LogP) is 4.58. The van der Waals surface area contributed by atoms with Crippen LogP contribution >= 0.6 is 0 Å². The van der Waals surface area contributed by atoms with Gasteiger partial charge in [0.1, 0.15) is 11.5 Å². The first-order valence-corrected chi connectivity index (χ1v) is 8.45. The Morgan fingerprint density at radius 1 is 1.04 bits per heavy atom. The normalized spacial score (nSPS) is 23.6. The van der Waals surface area contributed by atoms with E-state index in [4.69, 9.17) is 4.42 Å². The van der Waals surface area contributed by atoms with Gasteiger partial charge in [0.15, 0.2) is 5.78 Å². The molecule has 0 radical (unpaired) electrons. The van der Waals surface area contributed by atoms with Gasteiger partial charge in [0.05, 0.1) is 5.92 Å². The summed E-state index contributed by atoms with van der Waals surface area (Å²) in [5.41, 5.74) is 4.24. The van der Waals surface area contributed by atoms with Crippen molar-refractivity contribution in [1.29, 1.82) is 0 Å². The standard InChI is InChI=1S/C21H21NO2/c1-13-10-17(20-9-8-14(2)24-20)21-18(22-13)11-16(12-19(21)23)15-6-4-3-5-7-15/h3-10,16-17,22H,11-12H2,1-2H3.